The number of ketones is 1. The highest BCUT2D eigenvalue weighted by Gasteiger charge is 2.46. The molecule has 0 spiro atoms. The summed E-state index contributed by atoms with van der Waals surface area (Å²) in [6.07, 6.45) is 2.33. The number of Topliss-reactive ketones (excluding diaryl/α,β-unsaturated/α-hetero) is 1. The van der Waals surface area contributed by atoms with Gasteiger partial charge in [0.2, 0.25) is 0 Å². The number of aliphatic hydroxyl groups excluding tert-OH is 1. The van der Waals surface area contributed by atoms with Crippen molar-refractivity contribution >= 4 is 28.4 Å². The molecule has 4 aromatic rings. The number of fused-ring (bicyclic) bond motifs is 1. The van der Waals surface area contributed by atoms with Gasteiger partial charge in [0.15, 0.2) is 11.5 Å². The number of nitrogens with one attached hydrogen (secondary N) is 1. The summed E-state index contributed by atoms with van der Waals surface area (Å²) in [5, 5.41) is 22.3. The maximum Gasteiger partial charge on any atom is 0.295 e. The van der Waals surface area contributed by atoms with Crippen LogP contribution < -0.4 is 9.47 Å². The number of rotatable bonds is 7. The second kappa shape index (κ2) is 9.73. The number of phenols is 1. The normalized spacial score (nSPS) is 16.9. The Kier molecular flexibility index (Phi) is 6.31. The number of likely N-dealkylation sites (tertiary alicyclic amines) is 1. The van der Waals surface area contributed by atoms with E-state index in [0.717, 1.165) is 16.5 Å². The predicted molar refractivity (Wildman–Crippen MR) is 139 cm³/mol. The van der Waals surface area contributed by atoms with Gasteiger partial charge in [-0.15, -0.1) is 0 Å². The molecule has 1 aliphatic heterocycles. The Morgan fingerprint density at radius 2 is 1.78 bits per heavy atom. The number of amides is 1. The fraction of sp³-hybridized carbons (Fsp3) is 0.172. The third kappa shape index (κ3) is 4.27. The summed E-state index contributed by atoms with van der Waals surface area (Å²) in [6.45, 7) is 0.216. The number of aliphatic hydroxyl groups is 1. The molecule has 37 heavy (non-hydrogen) atoms. The Hall–Kier alpha value is -4.72. The third-order valence-electron chi connectivity index (χ3n) is 6.70. The Morgan fingerprint density at radius 1 is 1.00 bits per heavy atom. The summed E-state index contributed by atoms with van der Waals surface area (Å²) in [7, 11) is 3.02. The summed E-state index contributed by atoms with van der Waals surface area (Å²) in [6, 6.07) is 18.1. The molecule has 1 saturated heterocycles. The van der Waals surface area contributed by atoms with E-state index in [1.807, 2.05) is 24.4 Å². The molecule has 0 bridgehead atoms. The molecule has 1 atom stereocenters. The molecule has 8 nitrogen and oxygen atoms in total. The first-order valence-corrected chi connectivity index (χ1v) is 11.8. The summed E-state index contributed by atoms with van der Waals surface area (Å²) in [4.78, 5) is 31.3. The number of aromatic amines is 1. The highest BCUT2D eigenvalue weighted by molar-refractivity contribution is 6.46. The molecule has 8 heteroatoms. The number of phenolic OH excluding ortho intramolecular Hbond substituents is 1. The van der Waals surface area contributed by atoms with E-state index in [4.69, 9.17) is 9.47 Å². The van der Waals surface area contributed by atoms with Crippen LogP contribution in [-0.4, -0.2) is 52.6 Å². The van der Waals surface area contributed by atoms with Gasteiger partial charge in [-0.25, -0.2) is 0 Å². The first kappa shape index (κ1) is 24.0. The molecule has 3 N–H and O–H groups in total. The molecular formula is C29H26N2O6. The van der Waals surface area contributed by atoms with Gasteiger partial charge in [0.1, 0.15) is 11.5 Å². The maximum atomic E-state index is 13.3. The van der Waals surface area contributed by atoms with Gasteiger partial charge in [-0.3, -0.25) is 9.59 Å². The van der Waals surface area contributed by atoms with Crippen molar-refractivity contribution < 1.29 is 29.3 Å². The number of hydrogen-bond donors (Lipinski definition) is 3. The molecule has 3 aromatic carbocycles. The second-order valence-electron chi connectivity index (χ2n) is 8.77. The molecular weight excluding hydrogens is 472 g/mol. The number of carbonyl (C=O) groups excluding carboxylic acids is 2. The minimum atomic E-state index is -0.866. The topological polar surface area (TPSA) is 112 Å². The van der Waals surface area contributed by atoms with Crippen LogP contribution in [-0.2, 0) is 16.0 Å². The summed E-state index contributed by atoms with van der Waals surface area (Å²) in [5.74, 6) is -0.875. The molecule has 1 aliphatic rings. The number of aromatic nitrogens is 1. The van der Waals surface area contributed by atoms with Crippen molar-refractivity contribution in [3.63, 3.8) is 0 Å². The summed E-state index contributed by atoms with van der Waals surface area (Å²) in [5.41, 5.74) is 2.85. The monoisotopic (exact) mass is 498 g/mol. The fourth-order valence-corrected chi connectivity index (χ4v) is 4.81. The highest BCUT2D eigenvalue weighted by Crippen LogP contribution is 2.42. The number of benzene rings is 3. The Labute approximate surface area is 213 Å². The molecule has 1 amide bonds. The number of methoxy groups -OCH3 is 2. The van der Waals surface area contributed by atoms with Crippen molar-refractivity contribution in [3.05, 3.63) is 95.2 Å². The van der Waals surface area contributed by atoms with Crippen molar-refractivity contribution in [3.8, 4) is 17.2 Å². The molecule has 0 saturated carbocycles. The van der Waals surface area contributed by atoms with Crippen molar-refractivity contribution in [1.29, 1.82) is 0 Å². The van der Waals surface area contributed by atoms with Gasteiger partial charge < -0.3 is 29.6 Å². The van der Waals surface area contributed by atoms with Crippen molar-refractivity contribution in [2.45, 2.75) is 12.5 Å². The molecule has 1 aromatic heterocycles. The van der Waals surface area contributed by atoms with Gasteiger partial charge >= 0.3 is 0 Å². The third-order valence-corrected chi connectivity index (χ3v) is 6.70. The standard InChI is InChI=1S/C29H26N2O6/c1-36-20-9-10-22-21(15-20)19(16-30-22)12-13-31-26(18-8-11-23(32)24(14-18)37-2)25(28(34)29(31)35)27(33)17-6-4-3-5-7-17/h3-11,14-16,26,30,32-33H,12-13H2,1-2H3/t26-/m1/s1. The van der Waals surface area contributed by atoms with E-state index in [2.05, 4.69) is 4.98 Å². The van der Waals surface area contributed by atoms with Crippen LogP contribution in [0.5, 0.6) is 17.2 Å². The van der Waals surface area contributed by atoms with E-state index in [-0.39, 0.29) is 29.4 Å². The molecule has 5 rings (SSSR count). The zero-order valence-corrected chi connectivity index (χ0v) is 20.4. The SMILES string of the molecule is COc1ccc2[nH]cc(CCN3C(=O)C(=O)C(=C(O)c4ccccc4)[C@H]3c3ccc(O)c(OC)c3)c2c1. The van der Waals surface area contributed by atoms with Crippen LogP contribution in [0.3, 0.4) is 0 Å². The Bertz CT molecular complexity index is 1520. The molecule has 2 heterocycles. The minimum Gasteiger partial charge on any atom is -0.507 e. The van der Waals surface area contributed by atoms with E-state index in [1.54, 1.807) is 49.6 Å². The van der Waals surface area contributed by atoms with E-state index in [1.165, 1.54) is 18.1 Å². The minimum absolute atomic E-state index is 0.00969. The van der Waals surface area contributed by atoms with Gasteiger partial charge in [0.25, 0.3) is 11.7 Å². The highest BCUT2D eigenvalue weighted by atomic mass is 16.5. The summed E-state index contributed by atoms with van der Waals surface area (Å²) >= 11 is 0. The van der Waals surface area contributed by atoms with E-state index < -0.39 is 17.7 Å². The van der Waals surface area contributed by atoms with E-state index >= 15 is 0 Å². The first-order valence-electron chi connectivity index (χ1n) is 11.8. The van der Waals surface area contributed by atoms with Crippen molar-refractivity contribution in [2.24, 2.45) is 0 Å². The number of nitrogens with zero attached hydrogens (tertiary/aromatic N) is 1. The van der Waals surface area contributed by atoms with Gasteiger partial charge in [0, 0.05) is 29.2 Å². The van der Waals surface area contributed by atoms with Crippen LogP contribution in [0.2, 0.25) is 0 Å². The predicted octanol–water partition coefficient (Wildman–Crippen LogP) is 4.56. The number of hydrogen-bond acceptors (Lipinski definition) is 6. The number of aromatic hydroxyl groups is 1. The van der Waals surface area contributed by atoms with Crippen molar-refractivity contribution in [2.75, 3.05) is 20.8 Å². The zero-order valence-electron chi connectivity index (χ0n) is 20.4. The smallest absolute Gasteiger partial charge is 0.295 e. The van der Waals surface area contributed by atoms with E-state index in [9.17, 15) is 19.8 Å². The van der Waals surface area contributed by atoms with Gasteiger partial charge in [-0.2, -0.15) is 0 Å². The fourth-order valence-electron chi connectivity index (χ4n) is 4.81. The Morgan fingerprint density at radius 3 is 2.51 bits per heavy atom. The van der Waals surface area contributed by atoms with Gasteiger partial charge in [-0.05, 0) is 47.9 Å². The molecule has 188 valence electrons. The largest absolute Gasteiger partial charge is 0.507 e. The quantitative estimate of drug-likeness (QED) is 0.196. The lowest BCUT2D eigenvalue weighted by Crippen LogP contribution is -2.31. The van der Waals surface area contributed by atoms with Crippen LogP contribution in [0.4, 0.5) is 0 Å². The molecule has 0 aliphatic carbocycles. The molecule has 0 radical (unpaired) electrons. The summed E-state index contributed by atoms with van der Waals surface area (Å²) < 4.78 is 10.6. The van der Waals surface area contributed by atoms with Crippen LogP contribution in [0.15, 0.2) is 78.5 Å². The van der Waals surface area contributed by atoms with Crippen LogP contribution in [0.25, 0.3) is 16.7 Å². The van der Waals surface area contributed by atoms with Crippen LogP contribution in [0.1, 0.15) is 22.7 Å². The number of H-pyrrole nitrogens is 1. The van der Waals surface area contributed by atoms with Crippen molar-refractivity contribution in [1.82, 2.24) is 9.88 Å². The zero-order chi connectivity index (χ0) is 26.1. The number of ether oxygens (including phenoxy) is 2. The Balaban J connectivity index is 1.58. The number of carbonyl (C=O) groups is 2. The van der Waals surface area contributed by atoms with E-state index in [0.29, 0.717) is 23.3 Å². The lowest BCUT2D eigenvalue weighted by atomic mass is 9.95. The lowest BCUT2D eigenvalue weighted by molar-refractivity contribution is -0.139. The molecule has 0 unspecified atom stereocenters. The first-order chi connectivity index (χ1) is 17.9. The van der Waals surface area contributed by atoms with Crippen LogP contribution >= 0.6 is 0 Å². The average Bonchev–Trinajstić information content (AvgIpc) is 3.45. The lowest BCUT2D eigenvalue weighted by Gasteiger charge is -2.25. The molecule has 1 fully saturated rings. The average molecular weight is 499 g/mol. The second-order valence-corrected chi connectivity index (χ2v) is 8.77. The van der Waals surface area contributed by atoms with Gasteiger partial charge in [-0.1, -0.05) is 36.4 Å². The van der Waals surface area contributed by atoms with Gasteiger partial charge in [0.05, 0.1) is 25.8 Å². The van der Waals surface area contributed by atoms with Crippen LogP contribution in [0, 0.1) is 0 Å². The maximum absolute atomic E-state index is 13.3.